The van der Waals surface area contributed by atoms with Crippen molar-refractivity contribution in [1.29, 1.82) is 0 Å². The Kier molecular flexibility index (Phi) is 5.43. The Balaban J connectivity index is 3.49. The van der Waals surface area contributed by atoms with E-state index in [-0.39, 0.29) is 12.0 Å². The third kappa shape index (κ3) is 3.74. The average Bonchev–Trinajstić information content (AvgIpc) is 1.89. The molecule has 0 amide bonds. The third-order valence-electron chi connectivity index (χ3n) is 0.935. The second-order valence-electron chi connectivity index (χ2n) is 1.80. The van der Waals surface area contributed by atoms with Crippen LogP contribution in [-0.4, -0.2) is 24.9 Å². The summed E-state index contributed by atoms with van der Waals surface area (Å²) in [7, 11) is 0. The molecular formula is C6H13NO2S. The van der Waals surface area contributed by atoms with Crippen LogP contribution in [-0.2, 0) is 9.53 Å². The third-order valence-corrected chi connectivity index (χ3v) is 1.52. The lowest BCUT2D eigenvalue weighted by Gasteiger charge is -2.08. The Labute approximate surface area is 65.6 Å². The van der Waals surface area contributed by atoms with Gasteiger partial charge in [-0.15, -0.1) is 0 Å². The van der Waals surface area contributed by atoms with Gasteiger partial charge in [-0.05, 0) is 20.1 Å². The first-order valence-electron chi connectivity index (χ1n) is 3.17. The minimum absolute atomic E-state index is 0.197. The summed E-state index contributed by atoms with van der Waals surface area (Å²) < 4.78 is 7.61. The summed E-state index contributed by atoms with van der Waals surface area (Å²) in [5.41, 5.74) is 0. The molecule has 0 aliphatic rings. The highest BCUT2D eigenvalue weighted by molar-refractivity contribution is 7.96. The van der Waals surface area contributed by atoms with Gasteiger partial charge in [0.1, 0.15) is 6.04 Å². The minimum Gasteiger partial charge on any atom is -0.465 e. The van der Waals surface area contributed by atoms with Crippen LogP contribution >= 0.6 is 11.9 Å². The first-order chi connectivity index (χ1) is 4.72. The van der Waals surface area contributed by atoms with Crippen LogP contribution in [0.2, 0.25) is 0 Å². The Bertz CT molecular complexity index is 108. The topological polar surface area (TPSA) is 38.3 Å². The molecule has 0 radical (unpaired) electrons. The van der Waals surface area contributed by atoms with Crippen LogP contribution in [0.5, 0.6) is 0 Å². The predicted molar refractivity (Wildman–Crippen MR) is 42.7 cm³/mol. The quantitative estimate of drug-likeness (QED) is 0.491. The van der Waals surface area contributed by atoms with Gasteiger partial charge in [-0.2, -0.15) is 0 Å². The molecule has 0 aromatic carbocycles. The van der Waals surface area contributed by atoms with Crippen molar-refractivity contribution in [3.63, 3.8) is 0 Å². The van der Waals surface area contributed by atoms with Crippen molar-refractivity contribution >= 4 is 17.9 Å². The smallest absolute Gasteiger partial charge is 0.323 e. The maximum Gasteiger partial charge on any atom is 0.323 e. The molecule has 0 aromatic heterocycles. The van der Waals surface area contributed by atoms with Crippen molar-refractivity contribution in [3.8, 4) is 0 Å². The number of hydrogen-bond acceptors (Lipinski definition) is 4. The highest BCUT2D eigenvalue weighted by Crippen LogP contribution is 1.92. The molecule has 0 bridgehead atoms. The van der Waals surface area contributed by atoms with Gasteiger partial charge in [-0.25, -0.2) is 0 Å². The van der Waals surface area contributed by atoms with E-state index >= 15 is 0 Å². The van der Waals surface area contributed by atoms with Crippen LogP contribution < -0.4 is 4.72 Å². The summed E-state index contributed by atoms with van der Waals surface area (Å²) >= 11 is 1.41. The molecule has 0 rings (SSSR count). The lowest BCUT2D eigenvalue weighted by molar-refractivity contribution is -0.144. The molecule has 4 heteroatoms. The maximum absolute atomic E-state index is 10.8. The van der Waals surface area contributed by atoms with Crippen LogP contribution in [0.25, 0.3) is 0 Å². The molecule has 0 saturated heterocycles. The van der Waals surface area contributed by atoms with Crippen LogP contribution in [0.4, 0.5) is 0 Å². The molecule has 3 nitrogen and oxygen atoms in total. The molecule has 1 unspecified atom stereocenters. The summed E-state index contributed by atoms with van der Waals surface area (Å²) in [6.07, 6.45) is 1.87. The number of carbonyl (C=O) groups excluding carboxylic acids is 1. The van der Waals surface area contributed by atoms with Gasteiger partial charge in [-0.3, -0.25) is 9.52 Å². The number of carbonyl (C=O) groups is 1. The fourth-order valence-electron chi connectivity index (χ4n) is 0.492. The number of esters is 1. The molecule has 0 saturated carbocycles. The van der Waals surface area contributed by atoms with E-state index in [0.29, 0.717) is 6.61 Å². The van der Waals surface area contributed by atoms with E-state index in [1.165, 1.54) is 11.9 Å². The van der Waals surface area contributed by atoms with E-state index < -0.39 is 0 Å². The van der Waals surface area contributed by atoms with Gasteiger partial charge in [0.2, 0.25) is 0 Å². The number of ether oxygens (including phenoxy) is 1. The van der Waals surface area contributed by atoms with Gasteiger partial charge in [0.05, 0.1) is 6.61 Å². The molecular weight excluding hydrogens is 150 g/mol. The zero-order valence-corrected chi connectivity index (χ0v) is 7.33. The molecule has 0 heterocycles. The van der Waals surface area contributed by atoms with Gasteiger partial charge < -0.3 is 4.74 Å². The normalized spacial score (nSPS) is 12.7. The van der Waals surface area contributed by atoms with E-state index in [0.717, 1.165) is 0 Å². The SMILES string of the molecule is CCOC(=O)C(C)NSC. The Morgan fingerprint density at radius 1 is 1.80 bits per heavy atom. The summed E-state index contributed by atoms with van der Waals surface area (Å²) in [5, 5.41) is 0. The molecule has 0 aliphatic carbocycles. The van der Waals surface area contributed by atoms with Gasteiger partial charge in [0.25, 0.3) is 0 Å². The highest BCUT2D eigenvalue weighted by atomic mass is 32.2. The van der Waals surface area contributed by atoms with E-state index in [9.17, 15) is 4.79 Å². The van der Waals surface area contributed by atoms with Crippen molar-refractivity contribution in [2.24, 2.45) is 0 Å². The predicted octanol–water partition coefficient (Wildman–Crippen LogP) is 0.806. The number of rotatable bonds is 4. The van der Waals surface area contributed by atoms with Crippen molar-refractivity contribution in [3.05, 3.63) is 0 Å². The monoisotopic (exact) mass is 163 g/mol. The van der Waals surface area contributed by atoms with Crippen LogP contribution in [0.3, 0.4) is 0 Å². The largest absolute Gasteiger partial charge is 0.465 e. The van der Waals surface area contributed by atoms with Crippen LogP contribution in [0.1, 0.15) is 13.8 Å². The molecule has 10 heavy (non-hydrogen) atoms. The molecule has 1 atom stereocenters. The summed E-state index contributed by atoms with van der Waals surface area (Å²) in [4.78, 5) is 10.8. The molecule has 60 valence electrons. The van der Waals surface area contributed by atoms with Gasteiger partial charge >= 0.3 is 5.97 Å². The Morgan fingerprint density at radius 2 is 2.40 bits per heavy atom. The molecule has 1 N–H and O–H groups in total. The fraction of sp³-hybridized carbons (Fsp3) is 0.833. The minimum atomic E-state index is -0.213. The Morgan fingerprint density at radius 3 is 2.80 bits per heavy atom. The zero-order valence-electron chi connectivity index (χ0n) is 6.51. The van der Waals surface area contributed by atoms with Crippen molar-refractivity contribution in [2.45, 2.75) is 19.9 Å². The summed E-state index contributed by atoms with van der Waals surface area (Å²) in [6.45, 7) is 4.01. The summed E-state index contributed by atoms with van der Waals surface area (Å²) in [5.74, 6) is -0.197. The molecule has 0 aromatic rings. The fourth-order valence-corrected chi connectivity index (χ4v) is 0.942. The highest BCUT2D eigenvalue weighted by Gasteiger charge is 2.11. The molecule has 0 aliphatic heterocycles. The second-order valence-corrected chi connectivity index (χ2v) is 2.44. The van der Waals surface area contributed by atoms with Crippen molar-refractivity contribution in [1.82, 2.24) is 4.72 Å². The first-order valence-corrected chi connectivity index (χ1v) is 4.40. The molecule has 0 spiro atoms. The van der Waals surface area contributed by atoms with Gasteiger partial charge in [0.15, 0.2) is 0 Å². The van der Waals surface area contributed by atoms with E-state index in [1.54, 1.807) is 13.8 Å². The number of hydrogen-bond donors (Lipinski definition) is 1. The first kappa shape index (κ1) is 9.78. The van der Waals surface area contributed by atoms with Crippen molar-refractivity contribution in [2.75, 3.05) is 12.9 Å². The summed E-state index contributed by atoms with van der Waals surface area (Å²) in [6, 6.07) is -0.213. The lowest BCUT2D eigenvalue weighted by Crippen LogP contribution is -2.30. The van der Waals surface area contributed by atoms with E-state index in [2.05, 4.69) is 4.72 Å². The zero-order chi connectivity index (χ0) is 7.98. The standard InChI is InChI=1S/C6H13NO2S/c1-4-9-6(8)5(2)7-10-3/h5,7H,4H2,1-3H3. The van der Waals surface area contributed by atoms with Gasteiger partial charge in [0, 0.05) is 0 Å². The van der Waals surface area contributed by atoms with E-state index in [4.69, 9.17) is 4.74 Å². The Hall–Kier alpha value is -0.220. The average molecular weight is 163 g/mol. The van der Waals surface area contributed by atoms with Crippen LogP contribution in [0.15, 0.2) is 0 Å². The maximum atomic E-state index is 10.8. The van der Waals surface area contributed by atoms with Crippen molar-refractivity contribution < 1.29 is 9.53 Å². The van der Waals surface area contributed by atoms with E-state index in [1.807, 2.05) is 6.26 Å². The van der Waals surface area contributed by atoms with Crippen LogP contribution in [0, 0.1) is 0 Å². The second kappa shape index (κ2) is 5.56. The lowest BCUT2D eigenvalue weighted by atomic mass is 10.4. The van der Waals surface area contributed by atoms with Gasteiger partial charge in [-0.1, -0.05) is 11.9 Å². The molecule has 0 fully saturated rings. The number of nitrogens with one attached hydrogen (secondary N) is 1.